The maximum atomic E-state index is 6.07. The van der Waals surface area contributed by atoms with Crippen LogP contribution in [-0.4, -0.2) is 11.5 Å². The van der Waals surface area contributed by atoms with Gasteiger partial charge in [0.05, 0.1) is 5.52 Å². The highest BCUT2D eigenvalue weighted by Gasteiger charge is 2.27. The number of fused-ring (bicyclic) bond motifs is 1. The summed E-state index contributed by atoms with van der Waals surface area (Å²) in [5.41, 5.74) is 4.70. The summed E-state index contributed by atoms with van der Waals surface area (Å²) in [6.45, 7) is 1.03. The summed E-state index contributed by atoms with van der Waals surface area (Å²) in [6.07, 6.45) is 1.96. The van der Waals surface area contributed by atoms with Crippen LogP contribution in [0.4, 0.5) is 0 Å². The summed E-state index contributed by atoms with van der Waals surface area (Å²) < 4.78 is 0. The Bertz CT molecular complexity index is 780. The van der Waals surface area contributed by atoms with Crippen LogP contribution in [0.3, 0.4) is 0 Å². The maximum absolute atomic E-state index is 6.07. The molecule has 1 aliphatic rings. The van der Waals surface area contributed by atoms with Gasteiger partial charge in [0.15, 0.2) is 0 Å². The van der Waals surface area contributed by atoms with Gasteiger partial charge in [-0.1, -0.05) is 48.0 Å². The molecule has 1 saturated heterocycles. The molecule has 1 atom stereocenters. The second-order valence-electron chi connectivity index (χ2n) is 5.07. The van der Waals surface area contributed by atoms with Gasteiger partial charge in [-0.2, -0.15) is 0 Å². The molecule has 1 aliphatic heterocycles. The molecule has 2 heterocycles. The third-order valence-corrected chi connectivity index (χ3v) is 3.95. The lowest BCUT2D eigenvalue weighted by molar-refractivity contribution is 1.09. The second kappa shape index (κ2) is 4.58. The summed E-state index contributed by atoms with van der Waals surface area (Å²) in [5, 5.41) is 5.32. The average molecular weight is 281 g/mol. The van der Waals surface area contributed by atoms with Gasteiger partial charge in [-0.15, -0.1) is 0 Å². The third-order valence-electron chi connectivity index (χ3n) is 3.71. The molecule has 1 fully saturated rings. The molecule has 3 heteroatoms. The summed E-state index contributed by atoms with van der Waals surface area (Å²) in [7, 11) is 0. The predicted octanol–water partition coefficient (Wildman–Crippen LogP) is 4.20. The van der Waals surface area contributed by atoms with E-state index < -0.39 is 0 Å². The number of aromatic nitrogens is 1. The summed E-state index contributed by atoms with van der Waals surface area (Å²) in [4.78, 5) is 4.58. The number of halogens is 1. The minimum absolute atomic E-state index is 0.428. The van der Waals surface area contributed by atoms with Gasteiger partial charge < -0.3 is 5.32 Å². The number of hydrogen-bond donors (Lipinski definition) is 1. The van der Waals surface area contributed by atoms with Gasteiger partial charge in [0.2, 0.25) is 0 Å². The van der Waals surface area contributed by atoms with Crippen molar-refractivity contribution in [3.05, 3.63) is 65.3 Å². The van der Waals surface area contributed by atoms with E-state index in [4.69, 9.17) is 11.6 Å². The first kappa shape index (κ1) is 11.9. The van der Waals surface area contributed by atoms with Crippen molar-refractivity contribution in [2.75, 3.05) is 6.54 Å². The van der Waals surface area contributed by atoms with Crippen molar-refractivity contribution in [1.82, 2.24) is 10.3 Å². The largest absolute Gasteiger partial charge is 0.307 e. The van der Waals surface area contributed by atoms with Crippen molar-refractivity contribution in [3.63, 3.8) is 0 Å². The first-order valence-electron chi connectivity index (χ1n) is 6.70. The van der Waals surface area contributed by atoms with Crippen molar-refractivity contribution in [2.45, 2.75) is 6.04 Å². The molecular formula is C17H13ClN2. The monoisotopic (exact) mass is 280 g/mol. The SMILES string of the molecule is Clc1ccc2c(C3CN3)c(-c3ccccc3)cnc2c1. The topological polar surface area (TPSA) is 34.8 Å². The van der Waals surface area contributed by atoms with Crippen LogP contribution in [0.5, 0.6) is 0 Å². The Balaban J connectivity index is 2.02. The van der Waals surface area contributed by atoms with E-state index in [2.05, 4.69) is 40.6 Å². The molecule has 1 unspecified atom stereocenters. The van der Waals surface area contributed by atoms with Crippen LogP contribution in [0.25, 0.3) is 22.0 Å². The van der Waals surface area contributed by atoms with E-state index in [1.165, 1.54) is 22.1 Å². The molecule has 0 radical (unpaired) electrons. The molecule has 4 rings (SSSR count). The van der Waals surface area contributed by atoms with Crippen LogP contribution in [0.15, 0.2) is 54.7 Å². The Hall–Kier alpha value is -1.90. The van der Waals surface area contributed by atoms with Crippen LogP contribution in [-0.2, 0) is 0 Å². The minimum Gasteiger partial charge on any atom is -0.307 e. The molecule has 0 aliphatic carbocycles. The molecule has 0 bridgehead atoms. The predicted molar refractivity (Wildman–Crippen MR) is 82.9 cm³/mol. The van der Waals surface area contributed by atoms with Gasteiger partial charge in [-0.05, 0) is 23.3 Å². The van der Waals surface area contributed by atoms with Crippen molar-refractivity contribution in [3.8, 4) is 11.1 Å². The zero-order chi connectivity index (χ0) is 13.5. The molecule has 2 aromatic carbocycles. The van der Waals surface area contributed by atoms with Gasteiger partial charge in [0.25, 0.3) is 0 Å². The highest BCUT2D eigenvalue weighted by Crippen LogP contribution is 2.37. The van der Waals surface area contributed by atoms with Crippen molar-refractivity contribution in [2.24, 2.45) is 0 Å². The maximum Gasteiger partial charge on any atom is 0.0720 e. The Morgan fingerprint density at radius 3 is 2.65 bits per heavy atom. The fourth-order valence-corrected chi connectivity index (χ4v) is 2.84. The van der Waals surface area contributed by atoms with Crippen molar-refractivity contribution in [1.29, 1.82) is 0 Å². The van der Waals surface area contributed by atoms with E-state index >= 15 is 0 Å². The Morgan fingerprint density at radius 2 is 1.90 bits per heavy atom. The number of hydrogen-bond acceptors (Lipinski definition) is 2. The lowest BCUT2D eigenvalue weighted by Crippen LogP contribution is -1.95. The van der Waals surface area contributed by atoms with Crippen LogP contribution in [0.2, 0.25) is 5.02 Å². The normalized spacial score (nSPS) is 17.4. The zero-order valence-electron chi connectivity index (χ0n) is 10.8. The van der Waals surface area contributed by atoms with Crippen LogP contribution in [0, 0.1) is 0 Å². The lowest BCUT2D eigenvalue weighted by atomic mass is 9.96. The smallest absolute Gasteiger partial charge is 0.0720 e. The standard InChI is InChI=1S/C17H13ClN2/c18-12-6-7-13-15(8-12)19-9-14(17(13)16-10-20-16)11-4-2-1-3-5-11/h1-9,16,20H,10H2. The minimum atomic E-state index is 0.428. The first-order valence-corrected chi connectivity index (χ1v) is 7.08. The quantitative estimate of drug-likeness (QED) is 0.714. The molecule has 1 aromatic heterocycles. The van der Waals surface area contributed by atoms with Gasteiger partial charge >= 0.3 is 0 Å². The molecule has 3 aromatic rings. The second-order valence-corrected chi connectivity index (χ2v) is 5.51. The first-order chi connectivity index (χ1) is 9.83. The van der Waals surface area contributed by atoms with Gasteiger partial charge in [0, 0.05) is 34.8 Å². The number of benzene rings is 2. The number of rotatable bonds is 2. The summed E-state index contributed by atoms with van der Waals surface area (Å²) >= 11 is 6.07. The highest BCUT2D eigenvalue weighted by atomic mass is 35.5. The number of nitrogens with one attached hydrogen (secondary N) is 1. The molecule has 1 N–H and O–H groups in total. The van der Waals surface area contributed by atoms with Gasteiger partial charge in [-0.25, -0.2) is 0 Å². The fourth-order valence-electron chi connectivity index (χ4n) is 2.67. The van der Waals surface area contributed by atoms with E-state index in [0.29, 0.717) is 6.04 Å². The van der Waals surface area contributed by atoms with Crippen molar-refractivity contribution >= 4 is 22.5 Å². The van der Waals surface area contributed by atoms with Gasteiger partial charge in [-0.3, -0.25) is 4.98 Å². The fraction of sp³-hybridized carbons (Fsp3) is 0.118. The molecular weight excluding hydrogens is 268 g/mol. The lowest BCUT2D eigenvalue weighted by Gasteiger charge is -2.12. The van der Waals surface area contributed by atoms with E-state index in [1.807, 2.05) is 24.4 Å². The van der Waals surface area contributed by atoms with Crippen molar-refractivity contribution < 1.29 is 0 Å². The molecule has 98 valence electrons. The van der Waals surface area contributed by atoms with Crippen LogP contribution in [0.1, 0.15) is 11.6 Å². The van der Waals surface area contributed by atoms with Crippen LogP contribution < -0.4 is 5.32 Å². The Labute approximate surface area is 122 Å². The molecule has 0 saturated carbocycles. The number of nitrogens with zero attached hydrogens (tertiary/aromatic N) is 1. The Morgan fingerprint density at radius 1 is 1.10 bits per heavy atom. The molecule has 0 amide bonds. The van der Waals surface area contributed by atoms with E-state index in [9.17, 15) is 0 Å². The number of pyridine rings is 1. The molecule has 20 heavy (non-hydrogen) atoms. The summed E-state index contributed by atoms with van der Waals surface area (Å²) in [6, 6.07) is 16.8. The van der Waals surface area contributed by atoms with E-state index in [-0.39, 0.29) is 0 Å². The zero-order valence-corrected chi connectivity index (χ0v) is 11.6. The van der Waals surface area contributed by atoms with E-state index in [0.717, 1.165) is 17.1 Å². The molecule has 0 spiro atoms. The highest BCUT2D eigenvalue weighted by molar-refractivity contribution is 6.31. The average Bonchev–Trinajstić information content (AvgIpc) is 3.31. The molecule has 2 nitrogen and oxygen atoms in total. The van der Waals surface area contributed by atoms with Crippen LogP contribution >= 0.6 is 11.6 Å². The summed E-state index contributed by atoms with van der Waals surface area (Å²) in [5.74, 6) is 0. The Kier molecular flexibility index (Phi) is 2.72. The van der Waals surface area contributed by atoms with E-state index in [1.54, 1.807) is 0 Å². The third kappa shape index (κ3) is 1.98. The van der Waals surface area contributed by atoms with Gasteiger partial charge in [0.1, 0.15) is 0 Å².